The summed E-state index contributed by atoms with van der Waals surface area (Å²) in [6, 6.07) is 23.3. The van der Waals surface area contributed by atoms with Crippen molar-refractivity contribution in [3.05, 3.63) is 107 Å². The monoisotopic (exact) mass is 531 g/mol. The van der Waals surface area contributed by atoms with Crippen LogP contribution in [0.4, 0.5) is 11.4 Å². The molecule has 37 heavy (non-hydrogen) atoms. The maximum Gasteiger partial charge on any atom is 0.250 e. The van der Waals surface area contributed by atoms with Gasteiger partial charge in [-0.15, -0.1) is 0 Å². The van der Waals surface area contributed by atoms with Gasteiger partial charge in [-0.1, -0.05) is 17.7 Å². The molecule has 188 valence electrons. The molecule has 0 unspecified atom stereocenters. The van der Waals surface area contributed by atoms with E-state index in [0.29, 0.717) is 10.8 Å². The number of pyridine rings is 1. The van der Waals surface area contributed by atoms with Gasteiger partial charge >= 0.3 is 0 Å². The van der Waals surface area contributed by atoms with Crippen LogP contribution in [0.15, 0.2) is 85.2 Å². The number of aryl methyl sites for hydroxylation is 1. The molecule has 0 radical (unpaired) electrons. The van der Waals surface area contributed by atoms with E-state index in [2.05, 4.69) is 37.2 Å². The summed E-state index contributed by atoms with van der Waals surface area (Å²) in [5, 5.41) is 7.65. The minimum atomic E-state index is -0.210. The molecule has 2 aromatic heterocycles. The average molecular weight is 532 g/mol. The van der Waals surface area contributed by atoms with Crippen molar-refractivity contribution in [3.63, 3.8) is 0 Å². The zero-order chi connectivity index (χ0) is 25.9. The molecule has 9 heteroatoms. The minimum absolute atomic E-state index is 0.00310. The van der Waals surface area contributed by atoms with Crippen LogP contribution in [-0.4, -0.2) is 34.3 Å². The first kappa shape index (κ1) is 25.0. The lowest BCUT2D eigenvalue weighted by Gasteiger charge is -2.29. The third-order valence-corrected chi connectivity index (χ3v) is 7.04. The predicted molar refractivity (Wildman–Crippen MR) is 150 cm³/mol. The lowest BCUT2D eigenvalue weighted by atomic mass is 10.0. The predicted octanol–water partition coefficient (Wildman–Crippen LogP) is 5.60. The number of hydrogen-bond donors (Lipinski definition) is 2. The molecule has 1 aliphatic rings. The largest absolute Gasteiger partial charge is 0.375 e. The number of aromatic nitrogens is 2. The number of benzene rings is 2. The topological polar surface area (TPSA) is 71.4 Å². The summed E-state index contributed by atoms with van der Waals surface area (Å²) in [5.74, 6) is -0.210. The summed E-state index contributed by atoms with van der Waals surface area (Å²) >= 11 is 12.2. The second kappa shape index (κ2) is 10.7. The number of nitrogens with one attached hydrogen (secondary N) is 2. The van der Waals surface area contributed by atoms with Crippen LogP contribution in [0.5, 0.6) is 0 Å². The number of carbonyl (C=O) groups excluding carboxylic acids is 1. The highest BCUT2D eigenvalue weighted by molar-refractivity contribution is 7.80. The number of carbonyl (C=O) groups is 1. The number of thiocarbonyl (C=S) groups is 1. The van der Waals surface area contributed by atoms with Gasteiger partial charge in [0.25, 0.3) is 0 Å². The minimum Gasteiger partial charge on any atom is -0.375 e. The van der Waals surface area contributed by atoms with Crippen LogP contribution in [-0.2, 0) is 9.53 Å². The molecule has 0 spiro atoms. The summed E-state index contributed by atoms with van der Waals surface area (Å²) in [6.07, 6.45) is 3.83. The van der Waals surface area contributed by atoms with E-state index in [1.54, 1.807) is 6.20 Å². The molecule has 3 heterocycles. The fraction of sp³-hybridized carbons (Fsp3) is 0.179. The molecule has 2 N–H and O–H groups in total. The number of anilines is 2. The van der Waals surface area contributed by atoms with Crippen molar-refractivity contribution in [2.24, 2.45) is 0 Å². The first-order chi connectivity index (χ1) is 18.0. The molecule has 0 saturated carbocycles. The van der Waals surface area contributed by atoms with Gasteiger partial charge in [-0.3, -0.25) is 9.78 Å². The molecule has 0 bridgehead atoms. The molecule has 2 aromatic carbocycles. The Morgan fingerprint density at radius 2 is 1.89 bits per heavy atom. The molecule has 7 nitrogen and oxygen atoms in total. The molecule has 2 atom stereocenters. The van der Waals surface area contributed by atoms with Crippen LogP contribution < -0.4 is 15.5 Å². The zero-order valence-corrected chi connectivity index (χ0v) is 22.0. The van der Waals surface area contributed by atoms with Crippen molar-refractivity contribution in [1.29, 1.82) is 0 Å². The van der Waals surface area contributed by atoms with Crippen molar-refractivity contribution in [2.75, 3.05) is 23.9 Å². The number of halogens is 1. The van der Waals surface area contributed by atoms with Gasteiger partial charge in [-0.05, 0) is 91.4 Å². The van der Waals surface area contributed by atoms with Gasteiger partial charge in [0.1, 0.15) is 12.6 Å². The summed E-state index contributed by atoms with van der Waals surface area (Å²) in [7, 11) is 1.49. The normalized spacial score (nSPS) is 17.1. The van der Waals surface area contributed by atoms with Gasteiger partial charge in [0.2, 0.25) is 5.91 Å². The van der Waals surface area contributed by atoms with E-state index in [4.69, 9.17) is 28.6 Å². The molecule has 0 aliphatic carbocycles. The maximum absolute atomic E-state index is 11.9. The smallest absolute Gasteiger partial charge is 0.250 e. The molecule has 4 aromatic rings. The van der Waals surface area contributed by atoms with Gasteiger partial charge in [0.05, 0.1) is 11.7 Å². The molecule has 5 rings (SSSR count). The van der Waals surface area contributed by atoms with E-state index < -0.39 is 0 Å². The first-order valence-corrected chi connectivity index (χ1v) is 12.6. The molecule has 1 aliphatic heterocycles. The fourth-order valence-corrected chi connectivity index (χ4v) is 5.08. The number of nitrogens with zero attached hydrogens (tertiary/aromatic N) is 3. The van der Waals surface area contributed by atoms with E-state index in [1.807, 2.05) is 73.8 Å². The van der Waals surface area contributed by atoms with E-state index in [9.17, 15) is 4.79 Å². The Morgan fingerprint density at radius 1 is 1.11 bits per heavy atom. The number of amides is 1. The summed E-state index contributed by atoms with van der Waals surface area (Å²) < 4.78 is 7.06. The third-order valence-electron chi connectivity index (χ3n) is 6.31. The highest BCUT2D eigenvalue weighted by atomic mass is 35.5. The standard InChI is InChI=1S/C28H26ClN5O2S/c1-18-16-21(12-13-22(18)29)33-15-5-7-24(33)27-26(23-6-3-4-14-30-23)32-28(37)34(27)20-10-8-19(9-11-20)31-25(35)17-36-2/h3-16,26-27H,17H2,1-2H3,(H,31,35)(H,32,37)/t26-,27-/m0/s1. The van der Waals surface area contributed by atoms with Crippen LogP contribution in [0, 0.1) is 6.92 Å². The Kier molecular flexibility index (Phi) is 7.23. The van der Waals surface area contributed by atoms with Gasteiger partial charge in [-0.2, -0.15) is 0 Å². The van der Waals surface area contributed by atoms with E-state index in [-0.39, 0.29) is 24.6 Å². The van der Waals surface area contributed by atoms with Crippen molar-refractivity contribution in [2.45, 2.75) is 19.0 Å². The lowest BCUT2D eigenvalue weighted by Crippen LogP contribution is -2.30. The third kappa shape index (κ3) is 5.09. The Labute approximate surface area is 226 Å². The Bertz CT molecular complexity index is 1420. The molecule has 1 fully saturated rings. The Morgan fingerprint density at radius 3 is 2.59 bits per heavy atom. The van der Waals surface area contributed by atoms with Crippen molar-refractivity contribution < 1.29 is 9.53 Å². The van der Waals surface area contributed by atoms with Gasteiger partial charge < -0.3 is 24.8 Å². The van der Waals surface area contributed by atoms with Gasteiger partial charge in [0.15, 0.2) is 5.11 Å². The van der Waals surface area contributed by atoms with Crippen LogP contribution in [0.3, 0.4) is 0 Å². The average Bonchev–Trinajstić information content (AvgIpc) is 3.51. The molecule has 1 amide bonds. The van der Waals surface area contributed by atoms with Crippen LogP contribution in [0.25, 0.3) is 5.69 Å². The van der Waals surface area contributed by atoms with E-state index in [1.165, 1.54) is 7.11 Å². The van der Waals surface area contributed by atoms with Crippen LogP contribution >= 0.6 is 23.8 Å². The lowest BCUT2D eigenvalue weighted by molar-refractivity contribution is -0.119. The summed E-state index contributed by atoms with van der Waals surface area (Å²) in [4.78, 5) is 18.7. The number of methoxy groups -OCH3 is 1. The molecular weight excluding hydrogens is 506 g/mol. The second-order valence-corrected chi connectivity index (χ2v) is 9.56. The van der Waals surface area contributed by atoms with Crippen LogP contribution in [0.1, 0.15) is 29.0 Å². The fourth-order valence-electron chi connectivity index (χ4n) is 4.62. The Balaban J connectivity index is 1.57. The highest BCUT2D eigenvalue weighted by Gasteiger charge is 2.42. The Hall–Kier alpha value is -3.72. The first-order valence-electron chi connectivity index (χ1n) is 11.8. The number of hydrogen-bond acceptors (Lipinski definition) is 4. The van der Waals surface area contributed by atoms with E-state index >= 15 is 0 Å². The summed E-state index contributed by atoms with van der Waals surface area (Å²) in [5.41, 5.74) is 5.52. The maximum atomic E-state index is 11.9. The highest BCUT2D eigenvalue weighted by Crippen LogP contribution is 2.42. The second-order valence-electron chi connectivity index (χ2n) is 8.76. The number of ether oxygens (including phenoxy) is 1. The molecule has 1 saturated heterocycles. The van der Waals surface area contributed by atoms with Crippen molar-refractivity contribution in [1.82, 2.24) is 14.9 Å². The zero-order valence-electron chi connectivity index (χ0n) is 20.4. The van der Waals surface area contributed by atoms with Crippen LogP contribution in [0.2, 0.25) is 5.02 Å². The summed E-state index contributed by atoms with van der Waals surface area (Å²) in [6.45, 7) is 1.99. The van der Waals surface area contributed by atoms with Crippen molar-refractivity contribution in [3.8, 4) is 5.69 Å². The SMILES string of the molecule is COCC(=O)Nc1ccc(N2C(=S)N[C@@H](c3ccccn3)[C@@H]2c2cccn2-c2ccc(Cl)c(C)c2)cc1. The van der Waals surface area contributed by atoms with Gasteiger partial charge in [-0.25, -0.2) is 0 Å². The van der Waals surface area contributed by atoms with E-state index in [0.717, 1.165) is 33.3 Å². The molecular formula is C28H26ClN5O2S. The quantitative estimate of drug-likeness (QED) is 0.303. The van der Waals surface area contributed by atoms with Crippen molar-refractivity contribution >= 4 is 46.2 Å². The number of rotatable bonds is 7. The van der Waals surface area contributed by atoms with Gasteiger partial charge in [0, 0.05) is 47.3 Å².